The van der Waals surface area contributed by atoms with Crippen molar-refractivity contribution in [2.24, 2.45) is 0 Å². The molecule has 2 aliphatic heterocycles. The first-order valence-corrected chi connectivity index (χ1v) is 27.5. The zero-order valence-electron chi connectivity index (χ0n) is 42.3. The summed E-state index contributed by atoms with van der Waals surface area (Å²) in [5.74, 6) is -0.762. The molecule has 0 aromatic rings. The maximum absolute atomic E-state index is 13.4. The molecule has 404 valence electrons. The Bertz CT molecular complexity index is 1190. The highest BCUT2D eigenvalue weighted by molar-refractivity contribution is 5.80. The van der Waals surface area contributed by atoms with E-state index in [-0.39, 0.29) is 12.8 Å². The van der Waals surface area contributed by atoms with E-state index in [2.05, 4.69) is 19.2 Å². The van der Waals surface area contributed by atoms with E-state index in [9.17, 15) is 55.9 Å². The van der Waals surface area contributed by atoms with Gasteiger partial charge < -0.3 is 75.3 Å². The number of hydrogen-bond donors (Lipinski definition) is 11. The summed E-state index contributed by atoms with van der Waals surface area (Å²) in [6.07, 6.45) is 15.6. The Hall–Kier alpha value is -1.09. The van der Waals surface area contributed by atoms with Crippen LogP contribution < -0.4 is 5.32 Å². The fourth-order valence-corrected chi connectivity index (χ4v) is 9.42. The SMILES string of the molecule is CCCCCCCCCCCCCCCCCCCCCC(O)C(=O)NC(COC1OC(CO)C(O)C(OC2OC(C(O)CO)C(O)C2O)C1O)C(O)C(O)CCCCCCCCCCCCC. The number of carbonyl (C=O) groups is 1. The lowest BCUT2D eigenvalue weighted by molar-refractivity contribution is -0.332. The molecule has 0 aromatic heterocycles. The molecule has 68 heavy (non-hydrogen) atoms. The van der Waals surface area contributed by atoms with E-state index in [4.69, 9.17) is 18.9 Å². The minimum Gasteiger partial charge on any atom is -0.394 e. The van der Waals surface area contributed by atoms with E-state index in [1.165, 1.54) is 135 Å². The standard InChI is InChI=1S/C52H101NO15/c1-3-5-7-9-11-13-15-16-17-18-19-20-21-22-24-26-28-30-32-34-40(57)50(64)53-38(43(59)39(56)33-31-29-27-25-23-14-12-10-8-6-4-2)37-65-51-47(63)49(44(60)42(36-55)66-51)68-52-46(62)45(61)48(67-52)41(58)35-54/h38-49,51-52,54-63H,3-37H2,1-2H3,(H,53,64). The van der Waals surface area contributed by atoms with Crippen LogP contribution in [-0.2, 0) is 23.7 Å². The van der Waals surface area contributed by atoms with Gasteiger partial charge in [-0.1, -0.05) is 206 Å². The second-order valence-electron chi connectivity index (χ2n) is 20.0. The van der Waals surface area contributed by atoms with Gasteiger partial charge in [0.15, 0.2) is 12.6 Å². The number of carbonyl (C=O) groups excluding carboxylic acids is 1. The maximum atomic E-state index is 13.4. The highest BCUT2D eigenvalue weighted by atomic mass is 16.7. The molecule has 2 saturated heterocycles. The first kappa shape index (κ1) is 63.0. The molecule has 0 aliphatic carbocycles. The second kappa shape index (κ2) is 39.4. The van der Waals surface area contributed by atoms with E-state index in [1.54, 1.807) is 0 Å². The van der Waals surface area contributed by atoms with Crippen molar-refractivity contribution in [2.75, 3.05) is 19.8 Å². The van der Waals surface area contributed by atoms with Gasteiger partial charge in [0.25, 0.3) is 0 Å². The largest absolute Gasteiger partial charge is 0.394 e. The first-order valence-electron chi connectivity index (χ1n) is 27.5. The Kier molecular flexibility index (Phi) is 36.6. The summed E-state index contributed by atoms with van der Waals surface area (Å²) in [5, 5.41) is 108. The van der Waals surface area contributed by atoms with Crippen molar-refractivity contribution in [2.45, 2.75) is 305 Å². The highest BCUT2D eigenvalue weighted by Gasteiger charge is 2.52. The van der Waals surface area contributed by atoms with E-state index in [0.717, 1.165) is 44.9 Å². The smallest absolute Gasteiger partial charge is 0.249 e. The highest BCUT2D eigenvalue weighted by Crippen LogP contribution is 2.31. The van der Waals surface area contributed by atoms with E-state index in [1.807, 2.05) is 0 Å². The number of unbranched alkanes of at least 4 members (excludes halogenated alkanes) is 28. The summed E-state index contributed by atoms with van der Waals surface area (Å²) >= 11 is 0. The van der Waals surface area contributed by atoms with Crippen molar-refractivity contribution < 1.29 is 74.8 Å². The lowest BCUT2D eigenvalue weighted by Crippen LogP contribution is -2.62. The van der Waals surface area contributed by atoms with Gasteiger partial charge in [0, 0.05) is 0 Å². The Morgan fingerprint density at radius 2 is 0.956 bits per heavy atom. The molecule has 2 aliphatic rings. The third-order valence-electron chi connectivity index (χ3n) is 14.0. The molecule has 0 bridgehead atoms. The predicted molar refractivity (Wildman–Crippen MR) is 261 cm³/mol. The van der Waals surface area contributed by atoms with Gasteiger partial charge in [0.05, 0.1) is 32.0 Å². The lowest BCUT2D eigenvalue weighted by atomic mass is 9.98. The summed E-state index contributed by atoms with van der Waals surface area (Å²) in [6, 6.07) is -1.28. The number of rotatable bonds is 44. The maximum Gasteiger partial charge on any atom is 0.249 e. The van der Waals surface area contributed by atoms with Gasteiger partial charge in [-0.25, -0.2) is 0 Å². The molecular weight excluding hydrogens is 879 g/mol. The second-order valence-corrected chi connectivity index (χ2v) is 20.0. The van der Waals surface area contributed by atoms with E-state index < -0.39 is 111 Å². The Morgan fingerprint density at radius 3 is 1.38 bits per heavy atom. The van der Waals surface area contributed by atoms with Crippen molar-refractivity contribution in [1.29, 1.82) is 0 Å². The van der Waals surface area contributed by atoms with Crippen LogP contribution in [0.5, 0.6) is 0 Å². The summed E-state index contributed by atoms with van der Waals surface area (Å²) in [7, 11) is 0. The van der Waals surface area contributed by atoms with Gasteiger partial charge in [-0.3, -0.25) is 4.79 Å². The number of ether oxygens (including phenoxy) is 4. The molecule has 11 N–H and O–H groups in total. The third kappa shape index (κ3) is 25.5. The van der Waals surface area contributed by atoms with Crippen molar-refractivity contribution in [3.05, 3.63) is 0 Å². The Morgan fingerprint density at radius 1 is 0.529 bits per heavy atom. The van der Waals surface area contributed by atoms with Gasteiger partial charge >= 0.3 is 0 Å². The third-order valence-corrected chi connectivity index (χ3v) is 14.0. The zero-order chi connectivity index (χ0) is 49.9. The molecule has 16 heteroatoms. The minimum atomic E-state index is -1.82. The molecule has 0 aromatic carbocycles. The van der Waals surface area contributed by atoms with Gasteiger partial charge in [0.2, 0.25) is 5.91 Å². The molecule has 14 unspecified atom stereocenters. The van der Waals surface area contributed by atoms with Crippen LogP contribution in [-0.4, -0.2) is 163 Å². The molecule has 2 heterocycles. The minimum absolute atomic E-state index is 0.204. The molecule has 2 rings (SSSR count). The van der Waals surface area contributed by atoms with Gasteiger partial charge in [-0.15, -0.1) is 0 Å². The summed E-state index contributed by atoms with van der Waals surface area (Å²) in [4.78, 5) is 13.4. The topological polar surface area (TPSA) is 268 Å². The quantitative estimate of drug-likeness (QED) is 0.0326. The number of aliphatic hydroxyl groups is 10. The number of aliphatic hydroxyl groups excluding tert-OH is 10. The van der Waals surface area contributed by atoms with Crippen LogP contribution in [0.1, 0.15) is 219 Å². The van der Waals surface area contributed by atoms with Crippen LogP contribution in [0.3, 0.4) is 0 Å². The molecular formula is C52H101NO15. The molecule has 0 spiro atoms. The number of nitrogens with one attached hydrogen (secondary N) is 1. The van der Waals surface area contributed by atoms with E-state index in [0.29, 0.717) is 12.8 Å². The van der Waals surface area contributed by atoms with Crippen LogP contribution in [0.4, 0.5) is 0 Å². The van der Waals surface area contributed by atoms with Crippen LogP contribution >= 0.6 is 0 Å². The molecule has 0 saturated carbocycles. The van der Waals surface area contributed by atoms with Crippen molar-refractivity contribution >= 4 is 5.91 Å². The van der Waals surface area contributed by atoms with Crippen LogP contribution in [0.25, 0.3) is 0 Å². The Labute approximate surface area is 409 Å². The fourth-order valence-electron chi connectivity index (χ4n) is 9.42. The van der Waals surface area contributed by atoms with Crippen LogP contribution in [0.2, 0.25) is 0 Å². The summed E-state index contributed by atoms with van der Waals surface area (Å²) < 4.78 is 22.6. The lowest BCUT2D eigenvalue weighted by Gasteiger charge is -2.43. The van der Waals surface area contributed by atoms with Gasteiger partial charge in [-0.2, -0.15) is 0 Å². The molecule has 14 atom stereocenters. The van der Waals surface area contributed by atoms with Crippen molar-refractivity contribution in [3.8, 4) is 0 Å². The molecule has 16 nitrogen and oxygen atoms in total. The number of hydrogen-bond acceptors (Lipinski definition) is 15. The molecule has 0 radical (unpaired) electrons. The first-order chi connectivity index (χ1) is 32.9. The number of amides is 1. The Balaban J connectivity index is 1.87. The van der Waals surface area contributed by atoms with Crippen molar-refractivity contribution in [3.63, 3.8) is 0 Å². The van der Waals surface area contributed by atoms with Crippen molar-refractivity contribution in [1.82, 2.24) is 5.32 Å². The normalized spacial score (nSPS) is 26.4. The van der Waals surface area contributed by atoms with E-state index >= 15 is 0 Å². The average Bonchev–Trinajstić information content (AvgIpc) is 3.62. The zero-order valence-corrected chi connectivity index (χ0v) is 42.3. The van der Waals surface area contributed by atoms with Crippen LogP contribution in [0, 0.1) is 0 Å². The predicted octanol–water partition coefficient (Wildman–Crippen LogP) is 5.72. The molecule has 1 amide bonds. The van der Waals surface area contributed by atoms with Gasteiger partial charge in [-0.05, 0) is 12.8 Å². The fraction of sp³-hybridized carbons (Fsp3) is 0.981. The summed E-state index contributed by atoms with van der Waals surface area (Å²) in [6.45, 7) is 2.37. The van der Waals surface area contributed by atoms with Crippen LogP contribution in [0.15, 0.2) is 0 Å². The van der Waals surface area contributed by atoms with Gasteiger partial charge in [0.1, 0.15) is 61.0 Å². The average molecular weight is 980 g/mol. The monoisotopic (exact) mass is 980 g/mol. The molecule has 2 fully saturated rings. The summed E-state index contributed by atoms with van der Waals surface area (Å²) in [5.41, 5.74) is 0.